The Morgan fingerprint density at radius 2 is 2.10 bits per heavy atom. The third-order valence-corrected chi connectivity index (χ3v) is 4.44. The monoisotopic (exact) mass is 401 g/mol. The van der Waals surface area contributed by atoms with Crippen LogP contribution < -0.4 is 5.32 Å². The molecule has 0 atom stereocenters. The van der Waals surface area contributed by atoms with Crippen LogP contribution in [0.1, 0.15) is 21.7 Å². The van der Waals surface area contributed by atoms with Crippen molar-refractivity contribution in [1.29, 1.82) is 0 Å². The van der Waals surface area contributed by atoms with E-state index in [0.29, 0.717) is 22.5 Å². The zero-order valence-corrected chi connectivity index (χ0v) is 14.2. The Morgan fingerprint density at radius 1 is 1.35 bits per heavy atom. The number of hydrogen-bond donors (Lipinski definition) is 1. The van der Waals surface area contributed by atoms with Crippen molar-refractivity contribution < 1.29 is 13.9 Å². The molecule has 1 N–H and O–H groups in total. The highest BCUT2D eigenvalue weighted by Gasteiger charge is 2.13. The van der Waals surface area contributed by atoms with E-state index in [1.165, 1.54) is 7.11 Å². The number of anilines is 1. The van der Waals surface area contributed by atoms with E-state index in [4.69, 9.17) is 9.15 Å². The first kappa shape index (κ1) is 15.1. The first-order chi connectivity index (χ1) is 9.51. The molecule has 106 valence electrons. The van der Waals surface area contributed by atoms with Crippen molar-refractivity contribution in [2.75, 3.05) is 12.4 Å². The Hall–Kier alpha value is -1.27. The van der Waals surface area contributed by atoms with E-state index in [1.807, 2.05) is 25.1 Å². The number of nitrogens with one attached hydrogen (secondary N) is 1. The molecule has 1 aromatic carbocycles. The van der Waals surface area contributed by atoms with Gasteiger partial charge < -0.3 is 14.5 Å². The van der Waals surface area contributed by atoms with E-state index >= 15 is 0 Å². The minimum atomic E-state index is -0.363. The van der Waals surface area contributed by atoms with Gasteiger partial charge >= 0.3 is 5.97 Å². The van der Waals surface area contributed by atoms with Gasteiger partial charge in [-0.25, -0.2) is 4.79 Å². The standard InChI is InChI=1S/C14H13Br2NO3/c1-8-3-4-12(10(5-8)14(18)19-2)17-7-9-6-11(15)13(16)20-9/h3-6,17H,7H2,1-2H3. The molecule has 20 heavy (non-hydrogen) atoms. The van der Waals surface area contributed by atoms with Gasteiger partial charge in [0.05, 0.1) is 23.7 Å². The van der Waals surface area contributed by atoms with Crippen LogP contribution in [0.2, 0.25) is 0 Å². The minimum Gasteiger partial charge on any atom is -0.465 e. The van der Waals surface area contributed by atoms with Gasteiger partial charge in [0, 0.05) is 5.69 Å². The van der Waals surface area contributed by atoms with Crippen molar-refractivity contribution in [2.45, 2.75) is 13.5 Å². The Morgan fingerprint density at radius 3 is 2.70 bits per heavy atom. The fourth-order valence-corrected chi connectivity index (χ4v) is 2.41. The molecule has 0 radical (unpaired) electrons. The van der Waals surface area contributed by atoms with Gasteiger partial charge in [0.2, 0.25) is 0 Å². The average Bonchev–Trinajstić information content (AvgIpc) is 2.75. The molecule has 0 spiro atoms. The van der Waals surface area contributed by atoms with Gasteiger partial charge in [0.1, 0.15) is 5.76 Å². The Bertz CT molecular complexity index is 618. The van der Waals surface area contributed by atoms with E-state index in [2.05, 4.69) is 37.2 Å². The molecule has 0 aliphatic heterocycles. The molecule has 2 rings (SSSR count). The van der Waals surface area contributed by atoms with Gasteiger partial charge in [-0.1, -0.05) is 11.6 Å². The Balaban J connectivity index is 2.18. The summed E-state index contributed by atoms with van der Waals surface area (Å²) in [6.07, 6.45) is 0. The van der Waals surface area contributed by atoms with Gasteiger partial charge in [-0.05, 0) is 57.0 Å². The minimum absolute atomic E-state index is 0.363. The SMILES string of the molecule is COC(=O)c1cc(C)ccc1NCc1cc(Br)c(Br)o1. The predicted molar refractivity (Wildman–Crippen MR) is 84.0 cm³/mol. The normalized spacial score (nSPS) is 10.4. The topological polar surface area (TPSA) is 51.5 Å². The zero-order chi connectivity index (χ0) is 14.7. The van der Waals surface area contributed by atoms with E-state index < -0.39 is 0 Å². The molecule has 0 aliphatic carbocycles. The molecule has 2 aromatic rings. The first-order valence-corrected chi connectivity index (χ1v) is 7.46. The lowest BCUT2D eigenvalue weighted by atomic mass is 10.1. The summed E-state index contributed by atoms with van der Waals surface area (Å²) >= 11 is 6.64. The molecular formula is C14H13Br2NO3. The zero-order valence-electron chi connectivity index (χ0n) is 11.0. The predicted octanol–water partition coefficient (Wildman–Crippen LogP) is 4.51. The van der Waals surface area contributed by atoms with Crippen molar-refractivity contribution in [2.24, 2.45) is 0 Å². The van der Waals surface area contributed by atoms with Crippen molar-refractivity contribution in [3.63, 3.8) is 0 Å². The molecule has 0 saturated carbocycles. The smallest absolute Gasteiger partial charge is 0.339 e. The van der Waals surface area contributed by atoms with E-state index in [0.717, 1.165) is 15.8 Å². The molecular weight excluding hydrogens is 390 g/mol. The van der Waals surface area contributed by atoms with Crippen molar-refractivity contribution in [3.8, 4) is 0 Å². The van der Waals surface area contributed by atoms with Crippen LogP contribution in [-0.4, -0.2) is 13.1 Å². The molecule has 4 nitrogen and oxygen atoms in total. The second-order valence-corrected chi connectivity index (χ2v) is 5.80. The van der Waals surface area contributed by atoms with Crippen molar-refractivity contribution in [3.05, 3.63) is 50.3 Å². The van der Waals surface area contributed by atoms with Crippen molar-refractivity contribution in [1.82, 2.24) is 0 Å². The van der Waals surface area contributed by atoms with Crippen LogP contribution in [0.25, 0.3) is 0 Å². The first-order valence-electron chi connectivity index (χ1n) is 5.88. The summed E-state index contributed by atoms with van der Waals surface area (Å²) in [6.45, 7) is 2.40. The number of carbonyl (C=O) groups excluding carboxylic acids is 1. The molecule has 1 aromatic heterocycles. The lowest BCUT2D eigenvalue weighted by Crippen LogP contribution is -2.08. The number of carbonyl (C=O) groups is 1. The van der Waals surface area contributed by atoms with Crippen LogP contribution >= 0.6 is 31.9 Å². The van der Waals surface area contributed by atoms with Crippen LogP contribution in [0, 0.1) is 6.92 Å². The number of ether oxygens (including phenoxy) is 1. The average molecular weight is 403 g/mol. The number of esters is 1. The van der Waals surface area contributed by atoms with Gasteiger partial charge in [-0.2, -0.15) is 0 Å². The van der Waals surface area contributed by atoms with Crippen LogP contribution in [-0.2, 0) is 11.3 Å². The summed E-state index contributed by atoms with van der Waals surface area (Å²) in [5, 5.41) is 3.18. The number of halogens is 2. The maximum Gasteiger partial charge on any atom is 0.339 e. The molecule has 6 heteroatoms. The maximum absolute atomic E-state index is 11.8. The summed E-state index contributed by atoms with van der Waals surface area (Å²) in [5.41, 5.74) is 2.22. The van der Waals surface area contributed by atoms with Gasteiger partial charge in [0.25, 0.3) is 0 Å². The molecule has 0 saturated heterocycles. The second-order valence-electron chi connectivity index (χ2n) is 4.23. The van der Waals surface area contributed by atoms with Gasteiger partial charge in [-0.15, -0.1) is 0 Å². The fourth-order valence-electron chi connectivity index (χ4n) is 1.75. The van der Waals surface area contributed by atoms with E-state index in [1.54, 1.807) is 6.07 Å². The summed E-state index contributed by atoms with van der Waals surface area (Å²) in [6, 6.07) is 7.45. The summed E-state index contributed by atoms with van der Waals surface area (Å²) in [7, 11) is 1.37. The highest BCUT2D eigenvalue weighted by Crippen LogP contribution is 2.27. The van der Waals surface area contributed by atoms with Gasteiger partial charge in [-0.3, -0.25) is 0 Å². The third kappa shape index (κ3) is 3.43. The number of hydrogen-bond acceptors (Lipinski definition) is 4. The van der Waals surface area contributed by atoms with E-state index in [-0.39, 0.29) is 5.97 Å². The molecule has 0 amide bonds. The molecule has 0 aliphatic rings. The quantitative estimate of drug-likeness (QED) is 0.764. The van der Waals surface area contributed by atoms with Crippen LogP contribution in [0.15, 0.2) is 37.8 Å². The number of furan rings is 1. The molecule has 0 bridgehead atoms. The van der Waals surface area contributed by atoms with Crippen LogP contribution in [0.3, 0.4) is 0 Å². The molecule has 0 fully saturated rings. The largest absolute Gasteiger partial charge is 0.465 e. The fraction of sp³-hybridized carbons (Fsp3) is 0.214. The lowest BCUT2D eigenvalue weighted by molar-refractivity contribution is 0.0601. The summed E-state index contributed by atoms with van der Waals surface area (Å²) in [5.74, 6) is 0.387. The summed E-state index contributed by atoms with van der Waals surface area (Å²) < 4.78 is 11.8. The van der Waals surface area contributed by atoms with E-state index in [9.17, 15) is 4.79 Å². The van der Waals surface area contributed by atoms with Crippen LogP contribution in [0.5, 0.6) is 0 Å². The number of benzene rings is 1. The number of rotatable bonds is 4. The van der Waals surface area contributed by atoms with Gasteiger partial charge in [0.15, 0.2) is 4.67 Å². The highest BCUT2D eigenvalue weighted by molar-refractivity contribution is 9.13. The summed E-state index contributed by atoms with van der Waals surface area (Å²) in [4.78, 5) is 11.8. The van der Waals surface area contributed by atoms with Crippen molar-refractivity contribution >= 4 is 43.5 Å². The third-order valence-electron chi connectivity index (χ3n) is 2.73. The Kier molecular flexibility index (Phi) is 4.88. The highest BCUT2D eigenvalue weighted by atomic mass is 79.9. The lowest BCUT2D eigenvalue weighted by Gasteiger charge is -2.10. The molecule has 1 heterocycles. The maximum atomic E-state index is 11.8. The van der Waals surface area contributed by atoms with Crippen LogP contribution in [0.4, 0.5) is 5.69 Å². The number of methoxy groups -OCH3 is 1. The molecule has 0 unspecified atom stereocenters. The number of aryl methyl sites for hydroxylation is 1. The second kappa shape index (κ2) is 6.45. The Labute approximate surface area is 133 Å².